The summed E-state index contributed by atoms with van der Waals surface area (Å²) in [5.41, 5.74) is 0.808. The predicted molar refractivity (Wildman–Crippen MR) is 92.5 cm³/mol. The lowest BCUT2D eigenvalue weighted by molar-refractivity contribution is 0.0385. The molecule has 2 N–H and O–H groups in total. The van der Waals surface area contributed by atoms with Gasteiger partial charge in [0.1, 0.15) is 11.0 Å². The first kappa shape index (κ1) is 15.4. The number of hydrogen-bond donors (Lipinski definition) is 2. The van der Waals surface area contributed by atoms with Crippen LogP contribution >= 0.6 is 11.6 Å². The number of halogens is 1. The molecule has 1 amide bonds. The van der Waals surface area contributed by atoms with Gasteiger partial charge < -0.3 is 15.3 Å². The number of nitrogens with one attached hydrogen (secondary N) is 1. The van der Waals surface area contributed by atoms with Crippen LogP contribution in [-0.2, 0) is 0 Å². The molecule has 2 aromatic heterocycles. The molecule has 0 aliphatic carbocycles. The molecule has 6 nitrogen and oxygen atoms in total. The van der Waals surface area contributed by atoms with E-state index in [1.165, 1.54) is 0 Å². The van der Waals surface area contributed by atoms with Crippen molar-refractivity contribution in [2.45, 2.75) is 50.2 Å². The highest BCUT2D eigenvalue weighted by atomic mass is 35.5. The zero-order valence-electron chi connectivity index (χ0n) is 13.2. The first-order chi connectivity index (χ1) is 11.6. The normalized spacial score (nSPS) is 26.4. The number of anilines is 1. The number of hydrogen-bond acceptors (Lipinski definition) is 4. The Balaban J connectivity index is 1.60. The lowest BCUT2D eigenvalue weighted by atomic mass is 9.82. The van der Waals surface area contributed by atoms with Crippen molar-refractivity contribution in [3.63, 3.8) is 0 Å². The number of rotatable bonds is 2. The smallest absolute Gasteiger partial charge is 0.407 e. The molecular formula is C17H19ClN4O2. The molecule has 2 aliphatic heterocycles. The third-order valence-electron chi connectivity index (χ3n) is 5.10. The van der Waals surface area contributed by atoms with E-state index in [0.717, 1.165) is 48.8 Å². The summed E-state index contributed by atoms with van der Waals surface area (Å²) in [6.45, 7) is 0. The van der Waals surface area contributed by atoms with Crippen molar-refractivity contribution < 1.29 is 9.90 Å². The number of amides is 1. The van der Waals surface area contributed by atoms with Crippen molar-refractivity contribution in [2.75, 3.05) is 5.32 Å². The molecule has 0 saturated carbocycles. The second kappa shape index (κ2) is 6.09. The lowest BCUT2D eigenvalue weighted by Gasteiger charge is -2.47. The van der Waals surface area contributed by atoms with Gasteiger partial charge in [0.25, 0.3) is 0 Å². The maximum Gasteiger partial charge on any atom is 0.407 e. The Morgan fingerprint density at radius 1 is 1.33 bits per heavy atom. The van der Waals surface area contributed by atoms with Crippen LogP contribution in [0, 0.1) is 0 Å². The van der Waals surface area contributed by atoms with Crippen molar-refractivity contribution in [3.8, 4) is 0 Å². The van der Waals surface area contributed by atoms with E-state index >= 15 is 0 Å². The van der Waals surface area contributed by atoms with Gasteiger partial charge in [-0.2, -0.15) is 0 Å². The highest BCUT2D eigenvalue weighted by Gasteiger charge is 2.41. The van der Waals surface area contributed by atoms with Crippen LogP contribution < -0.4 is 5.32 Å². The Bertz CT molecular complexity index is 770. The lowest BCUT2D eigenvalue weighted by Crippen LogP contribution is -2.56. The fourth-order valence-electron chi connectivity index (χ4n) is 4.16. The van der Waals surface area contributed by atoms with E-state index in [0.29, 0.717) is 5.15 Å². The molecule has 2 unspecified atom stereocenters. The molecular weight excluding hydrogens is 328 g/mol. The molecule has 0 radical (unpaired) electrons. The van der Waals surface area contributed by atoms with Gasteiger partial charge in [0, 0.05) is 35.8 Å². The Hall–Kier alpha value is -2.08. The molecule has 24 heavy (non-hydrogen) atoms. The molecule has 0 spiro atoms. The monoisotopic (exact) mass is 346 g/mol. The van der Waals surface area contributed by atoms with Crippen LogP contribution in [0.15, 0.2) is 24.4 Å². The average molecular weight is 347 g/mol. The van der Waals surface area contributed by atoms with Crippen LogP contribution in [0.1, 0.15) is 32.1 Å². The number of piperidine rings is 2. The van der Waals surface area contributed by atoms with Crippen molar-refractivity contribution in [3.05, 3.63) is 29.5 Å². The third-order valence-corrected chi connectivity index (χ3v) is 5.30. The molecule has 0 aromatic carbocycles. The number of fused-ring (bicyclic) bond motifs is 3. The van der Waals surface area contributed by atoms with Gasteiger partial charge in [-0.15, -0.1) is 0 Å². The van der Waals surface area contributed by atoms with Gasteiger partial charge in [0.2, 0.25) is 0 Å². The number of carbonyl (C=O) groups is 1. The van der Waals surface area contributed by atoms with Gasteiger partial charge in [0.05, 0.1) is 5.52 Å². The summed E-state index contributed by atoms with van der Waals surface area (Å²) in [7, 11) is 0. The van der Waals surface area contributed by atoms with Crippen molar-refractivity contribution in [2.24, 2.45) is 0 Å². The summed E-state index contributed by atoms with van der Waals surface area (Å²) in [6.07, 6.45) is 5.53. The van der Waals surface area contributed by atoms with E-state index in [2.05, 4.69) is 15.3 Å². The Morgan fingerprint density at radius 2 is 2.08 bits per heavy atom. The quantitative estimate of drug-likeness (QED) is 0.809. The molecule has 4 heterocycles. The van der Waals surface area contributed by atoms with Crippen molar-refractivity contribution in [1.29, 1.82) is 0 Å². The van der Waals surface area contributed by atoms with Crippen LogP contribution in [0.2, 0.25) is 5.15 Å². The maximum absolute atomic E-state index is 11.5. The topological polar surface area (TPSA) is 78.4 Å². The largest absolute Gasteiger partial charge is 0.465 e. The van der Waals surface area contributed by atoms with E-state index in [1.54, 1.807) is 17.2 Å². The molecule has 2 bridgehead atoms. The summed E-state index contributed by atoms with van der Waals surface area (Å²) in [5, 5.41) is 14.3. The minimum atomic E-state index is -0.793. The van der Waals surface area contributed by atoms with Gasteiger partial charge in [-0.05, 0) is 44.2 Å². The van der Waals surface area contributed by atoms with E-state index in [4.69, 9.17) is 11.6 Å². The first-order valence-corrected chi connectivity index (χ1v) is 8.68. The third kappa shape index (κ3) is 2.75. The summed E-state index contributed by atoms with van der Waals surface area (Å²) >= 11 is 6.12. The SMILES string of the molecule is O=C(O)N1C2CCCC1CC(Nc1nc(Cl)cc3ncccc13)C2. The number of aromatic nitrogens is 2. The van der Waals surface area contributed by atoms with Gasteiger partial charge >= 0.3 is 6.09 Å². The molecule has 2 aromatic rings. The molecule has 2 fully saturated rings. The highest BCUT2D eigenvalue weighted by Crippen LogP contribution is 2.36. The molecule has 4 rings (SSSR count). The fourth-order valence-corrected chi connectivity index (χ4v) is 4.35. The second-order valence-corrected chi connectivity index (χ2v) is 6.99. The van der Waals surface area contributed by atoms with Gasteiger partial charge in [-0.25, -0.2) is 9.78 Å². The molecule has 2 atom stereocenters. The maximum atomic E-state index is 11.5. The van der Waals surface area contributed by atoms with Crippen LogP contribution in [0.5, 0.6) is 0 Å². The Kier molecular flexibility index (Phi) is 3.92. The minimum Gasteiger partial charge on any atom is -0.465 e. The molecule has 7 heteroatoms. The summed E-state index contributed by atoms with van der Waals surface area (Å²) in [5.74, 6) is 0.734. The zero-order chi connectivity index (χ0) is 16.7. The van der Waals surface area contributed by atoms with Crippen LogP contribution in [0.4, 0.5) is 10.6 Å². The van der Waals surface area contributed by atoms with Crippen LogP contribution in [0.3, 0.4) is 0 Å². The summed E-state index contributed by atoms with van der Waals surface area (Å²) < 4.78 is 0. The second-order valence-electron chi connectivity index (χ2n) is 6.60. The number of carboxylic acid groups (broad SMARTS) is 1. The van der Waals surface area contributed by atoms with E-state index in [9.17, 15) is 9.90 Å². The molecule has 2 aliphatic rings. The van der Waals surface area contributed by atoms with Gasteiger partial charge in [-0.3, -0.25) is 4.98 Å². The number of pyridine rings is 2. The van der Waals surface area contributed by atoms with Gasteiger partial charge in [-0.1, -0.05) is 11.6 Å². The number of nitrogens with zero attached hydrogens (tertiary/aromatic N) is 3. The van der Waals surface area contributed by atoms with E-state index < -0.39 is 6.09 Å². The fraction of sp³-hybridized carbons (Fsp3) is 0.471. The molecule has 126 valence electrons. The van der Waals surface area contributed by atoms with E-state index in [1.807, 2.05) is 12.1 Å². The average Bonchev–Trinajstić information content (AvgIpc) is 2.53. The van der Waals surface area contributed by atoms with Crippen molar-refractivity contribution >= 4 is 34.4 Å². The zero-order valence-corrected chi connectivity index (χ0v) is 13.9. The van der Waals surface area contributed by atoms with Gasteiger partial charge in [0.15, 0.2) is 0 Å². The standard InChI is InChI=1S/C17H19ClN4O2/c18-15-9-14-13(5-2-6-19-14)16(21-15)20-10-7-11-3-1-4-12(8-10)22(11)17(23)24/h2,5-6,9-12H,1,3-4,7-8H2,(H,20,21)(H,23,24). The van der Waals surface area contributed by atoms with Crippen LogP contribution in [-0.4, -0.2) is 44.2 Å². The Labute approximate surface area is 144 Å². The van der Waals surface area contributed by atoms with E-state index in [-0.39, 0.29) is 18.1 Å². The predicted octanol–water partition coefficient (Wildman–Crippen LogP) is 3.76. The first-order valence-electron chi connectivity index (χ1n) is 8.31. The highest BCUT2D eigenvalue weighted by molar-refractivity contribution is 6.30. The van der Waals surface area contributed by atoms with Crippen LogP contribution in [0.25, 0.3) is 10.9 Å². The summed E-state index contributed by atoms with van der Waals surface area (Å²) in [6, 6.07) is 5.99. The summed E-state index contributed by atoms with van der Waals surface area (Å²) in [4.78, 5) is 21.9. The Morgan fingerprint density at radius 3 is 2.79 bits per heavy atom. The molecule has 2 saturated heterocycles. The minimum absolute atomic E-state index is 0.0936. The van der Waals surface area contributed by atoms with Crippen molar-refractivity contribution in [1.82, 2.24) is 14.9 Å².